The van der Waals surface area contributed by atoms with Gasteiger partial charge in [0.15, 0.2) is 0 Å². The third-order valence-electron chi connectivity index (χ3n) is 2.24. The third-order valence-corrected chi connectivity index (χ3v) is 2.24. The van der Waals surface area contributed by atoms with Gasteiger partial charge in [0.1, 0.15) is 5.76 Å². The van der Waals surface area contributed by atoms with E-state index in [-0.39, 0.29) is 6.54 Å². The van der Waals surface area contributed by atoms with E-state index in [1.165, 1.54) is 0 Å². The maximum Gasteiger partial charge on any atom is 0.315 e. The topological polar surface area (TPSA) is 103 Å². The van der Waals surface area contributed by atoms with Gasteiger partial charge >= 0.3 is 6.01 Å². The lowest BCUT2D eigenvalue weighted by Gasteiger charge is -1.99. The number of aromatic nitrogens is 3. The van der Waals surface area contributed by atoms with Crippen molar-refractivity contribution in [3.63, 3.8) is 0 Å². The summed E-state index contributed by atoms with van der Waals surface area (Å²) in [5.41, 5.74) is 7.20. The van der Waals surface area contributed by atoms with E-state index in [1.807, 2.05) is 13.8 Å². The molecule has 0 unspecified atom stereocenters. The number of nitrogens with two attached hydrogens (primary N) is 1. The number of rotatable bonds is 4. The summed E-state index contributed by atoms with van der Waals surface area (Å²) in [6.45, 7) is 4.51. The van der Waals surface area contributed by atoms with Crippen LogP contribution < -0.4 is 11.1 Å². The number of aryl methyl sites for hydroxylation is 2. The van der Waals surface area contributed by atoms with Crippen molar-refractivity contribution in [1.29, 1.82) is 0 Å². The zero-order valence-corrected chi connectivity index (χ0v) is 9.15. The molecule has 2 aromatic heterocycles. The molecular weight excluding hydrogens is 210 g/mol. The van der Waals surface area contributed by atoms with Crippen molar-refractivity contribution in [1.82, 2.24) is 15.4 Å². The van der Waals surface area contributed by atoms with Crippen LogP contribution in [0.25, 0.3) is 0 Å². The van der Waals surface area contributed by atoms with E-state index >= 15 is 0 Å². The summed E-state index contributed by atoms with van der Waals surface area (Å²) in [7, 11) is 0. The van der Waals surface area contributed by atoms with Crippen LogP contribution in [-0.4, -0.2) is 15.4 Å². The molecule has 7 heteroatoms. The van der Waals surface area contributed by atoms with Crippen LogP contribution in [0.2, 0.25) is 0 Å². The summed E-state index contributed by atoms with van der Waals surface area (Å²) >= 11 is 0. The Hall–Kier alpha value is -1.89. The molecule has 0 bridgehead atoms. The molecule has 0 spiro atoms. The highest BCUT2D eigenvalue weighted by Crippen LogP contribution is 2.14. The van der Waals surface area contributed by atoms with Crippen molar-refractivity contribution in [2.45, 2.75) is 26.9 Å². The molecule has 16 heavy (non-hydrogen) atoms. The fourth-order valence-corrected chi connectivity index (χ4v) is 1.33. The minimum absolute atomic E-state index is 0.236. The van der Waals surface area contributed by atoms with Gasteiger partial charge in [-0.15, -0.1) is 5.10 Å². The number of nitrogens with zero attached hydrogens (tertiary/aromatic N) is 3. The van der Waals surface area contributed by atoms with Crippen molar-refractivity contribution in [3.8, 4) is 0 Å². The fraction of sp³-hybridized carbons (Fsp3) is 0.444. The lowest BCUT2D eigenvalue weighted by molar-refractivity contribution is 0.392. The predicted molar refractivity (Wildman–Crippen MR) is 55.5 cm³/mol. The summed E-state index contributed by atoms with van der Waals surface area (Å²) < 4.78 is 10.2. The van der Waals surface area contributed by atoms with E-state index in [4.69, 9.17) is 14.7 Å². The molecule has 0 saturated heterocycles. The highest BCUT2D eigenvalue weighted by atomic mass is 16.5. The van der Waals surface area contributed by atoms with Gasteiger partial charge in [0, 0.05) is 12.1 Å². The van der Waals surface area contributed by atoms with E-state index in [9.17, 15) is 0 Å². The quantitative estimate of drug-likeness (QED) is 0.787. The molecule has 0 aromatic carbocycles. The van der Waals surface area contributed by atoms with Crippen LogP contribution in [0.3, 0.4) is 0 Å². The summed E-state index contributed by atoms with van der Waals surface area (Å²) in [6.07, 6.45) is 0. The molecule has 0 fully saturated rings. The van der Waals surface area contributed by atoms with Gasteiger partial charge in [0.25, 0.3) is 0 Å². The Morgan fingerprint density at radius 3 is 2.69 bits per heavy atom. The molecule has 0 amide bonds. The molecule has 2 heterocycles. The number of nitrogens with one attached hydrogen (secondary N) is 1. The maximum absolute atomic E-state index is 5.35. The second-order valence-corrected chi connectivity index (χ2v) is 3.36. The van der Waals surface area contributed by atoms with Crippen LogP contribution in [0.4, 0.5) is 6.01 Å². The normalized spacial score (nSPS) is 10.7. The van der Waals surface area contributed by atoms with Crippen molar-refractivity contribution in [3.05, 3.63) is 22.9 Å². The molecule has 2 rings (SSSR count). The molecule has 2 aromatic rings. The van der Waals surface area contributed by atoms with Gasteiger partial charge in [-0.05, 0) is 13.8 Å². The molecule has 0 aliphatic heterocycles. The van der Waals surface area contributed by atoms with Gasteiger partial charge in [-0.2, -0.15) is 0 Å². The molecule has 86 valence electrons. The van der Waals surface area contributed by atoms with Gasteiger partial charge in [-0.25, -0.2) is 0 Å². The van der Waals surface area contributed by atoms with Crippen LogP contribution >= 0.6 is 0 Å². The van der Waals surface area contributed by atoms with E-state index in [1.54, 1.807) is 0 Å². The summed E-state index contributed by atoms with van der Waals surface area (Å²) in [5.74, 6) is 1.19. The molecule has 3 N–H and O–H groups in total. The lowest BCUT2D eigenvalue weighted by atomic mass is 10.2. The van der Waals surface area contributed by atoms with Gasteiger partial charge in [-0.1, -0.05) is 10.3 Å². The molecule has 0 aliphatic rings. The Balaban J connectivity index is 2.02. The SMILES string of the molecule is Cc1noc(C)c1CNc1nnc(CN)o1. The second-order valence-electron chi connectivity index (χ2n) is 3.36. The number of hydrogen-bond donors (Lipinski definition) is 2. The zero-order valence-electron chi connectivity index (χ0n) is 9.15. The Labute approximate surface area is 92.0 Å². The van der Waals surface area contributed by atoms with Crippen LogP contribution in [-0.2, 0) is 13.1 Å². The maximum atomic E-state index is 5.35. The van der Waals surface area contributed by atoms with Crippen molar-refractivity contribution >= 4 is 6.01 Å². The second kappa shape index (κ2) is 4.31. The molecule has 0 radical (unpaired) electrons. The van der Waals surface area contributed by atoms with Crippen molar-refractivity contribution in [2.24, 2.45) is 5.73 Å². The summed E-state index contributed by atoms with van der Waals surface area (Å²) in [5, 5.41) is 14.4. The molecular formula is C9H13N5O2. The first-order valence-corrected chi connectivity index (χ1v) is 4.88. The third kappa shape index (κ3) is 2.03. The Bertz CT molecular complexity index is 456. The average Bonchev–Trinajstić information content (AvgIpc) is 2.85. The van der Waals surface area contributed by atoms with Crippen LogP contribution in [0, 0.1) is 13.8 Å². The Morgan fingerprint density at radius 2 is 2.12 bits per heavy atom. The molecule has 0 saturated carbocycles. The monoisotopic (exact) mass is 223 g/mol. The van der Waals surface area contributed by atoms with E-state index in [0.29, 0.717) is 18.5 Å². The Kier molecular flexibility index (Phi) is 2.86. The van der Waals surface area contributed by atoms with E-state index in [0.717, 1.165) is 17.0 Å². The first kappa shape index (κ1) is 10.6. The van der Waals surface area contributed by atoms with Gasteiger partial charge in [0.05, 0.1) is 12.2 Å². The Morgan fingerprint density at radius 1 is 1.31 bits per heavy atom. The minimum Gasteiger partial charge on any atom is -0.407 e. The van der Waals surface area contributed by atoms with Crippen LogP contribution in [0.1, 0.15) is 22.9 Å². The van der Waals surface area contributed by atoms with Crippen LogP contribution in [0.15, 0.2) is 8.94 Å². The predicted octanol–water partition coefficient (Wildman–Crippen LogP) is 0.745. The highest BCUT2D eigenvalue weighted by molar-refractivity contribution is 5.27. The standard InChI is InChI=1S/C9H13N5O2/c1-5-7(6(2)16-14-5)4-11-9-13-12-8(3-10)15-9/h3-4,10H2,1-2H3,(H,11,13). The molecule has 0 atom stereocenters. The summed E-state index contributed by atoms with van der Waals surface area (Å²) in [6, 6.07) is 0.348. The number of anilines is 1. The number of hydrogen-bond acceptors (Lipinski definition) is 7. The van der Waals surface area contributed by atoms with E-state index < -0.39 is 0 Å². The van der Waals surface area contributed by atoms with Gasteiger partial charge < -0.3 is 20.0 Å². The first-order chi connectivity index (χ1) is 7.70. The molecule has 0 aliphatic carbocycles. The summed E-state index contributed by atoms with van der Waals surface area (Å²) in [4.78, 5) is 0. The highest BCUT2D eigenvalue weighted by Gasteiger charge is 2.10. The zero-order chi connectivity index (χ0) is 11.5. The lowest BCUT2D eigenvalue weighted by Crippen LogP contribution is -2.01. The van der Waals surface area contributed by atoms with E-state index in [2.05, 4.69) is 20.7 Å². The average molecular weight is 223 g/mol. The van der Waals surface area contributed by atoms with Gasteiger partial charge in [-0.3, -0.25) is 0 Å². The minimum atomic E-state index is 0.236. The fourth-order valence-electron chi connectivity index (χ4n) is 1.33. The van der Waals surface area contributed by atoms with Crippen LogP contribution in [0.5, 0.6) is 0 Å². The van der Waals surface area contributed by atoms with Crippen molar-refractivity contribution < 1.29 is 8.94 Å². The molecule has 7 nitrogen and oxygen atoms in total. The largest absolute Gasteiger partial charge is 0.407 e. The smallest absolute Gasteiger partial charge is 0.315 e. The first-order valence-electron chi connectivity index (χ1n) is 4.88. The van der Waals surface area contributed by atoms with Crippen molar-refractivity contribution in [2.75, 3.05) is 5.32 Å². The van der Waals surface area contributed by atoms with Gasteiger partial charge in [0.2, 0.25) is 5.89 Å².